The Bertz CT molecular complexity index is 881. The molecule has 4 rings (SSSR count). The lowest BCUT2D eigenvalue weighted by Crippen LogP contribution is -2.21. The molecule has 2 aromatic carbocycles. The van der Waals surface area contributed by atoms with Crippen LogP contribution in [0, 0.1) is 0 Å². The smallest absolute Gasteiger partial charge is 0.214 e. The molecular weight excluding hydrogens is 366 g/mol. The maximum atomic E-state index is 4.66. The standard InChI is InChI=1S/C18H16BrN5/c1-2-12-3-5-13(6-4-12)16-11-17(14-7-9-15(19)10-8-14)24-18(20-16)21-22-23-24/h3-10,17H,2,11H2,1H3. The van der Waals surface area contributed by atoms with E-state index >= 15 is 0 Å². The number of benzene rings is 2. The number of hydrogen-bond acceptors (Lipinski definition) is 4. The molecule has 24 heavy (non-hydrogen) atoms. The molecule has 0 saturated carbocycles. The first-order valence-corrected chi connectivity index (χ1v) is 8.74. The van der Waals surface area contributed by atoms with Crippen molar-refractivity contribution in [2.45, 2.75) is 25.8 Å². The average molecular weight is 382 g/mol. The van der Waals surface area contributed by atoms with E-state index < -0.39 is 0 Å². The summed E-state index contributed by atoms with van der Waals surface area (Å²) in [5.74, 6) is 0.559. The van der Waals surface area contributed by atoms with Crippen molar-refractivity contribution in [2.24, 2.45) is 4.99 Å². The summed E-state index contributed by atoms with van der Waals surface area (Å²) in [5, 5.41) is 12.0. The van der Waals surface area contributed by atoms with Crippen LogP contribution in [0.25, 0.3) is 0 Å². The normalized spacial score (nSPS) is 16.6. The van der Waals surface area contributed by atoms with Gasteiger partial charge in [-0.2, -0.15) is 0 Å². The number of aliphatic imine (C=N–C) groups is 1. The van der Waals surface area contributed by atoms with Gasteiger partial charge in [0.2, 0.25) is 0 Å². The van der Waals surface area contributed by atoms with Gasteiger partial charge in [0.15, 0.2) is 0 Å². The zero-order valence-corrected chi connectivity index (χ0v) is 14.8. The van der Waals surface area contributed by atoms with Crippen molar-refractivity contribution in [2.75, 3.05) is 0 Å². The maximum Gasteiger partial charge on any atom is 0.269 e. The molecule has 0 saturated heterocycles. The van der Waals surface area contributed by atoms with Crippen molar-refractivity contribution in [1.82, 2.24) is 20.2 Å². The summed E-state index contributed by atoms with van der Waals surface area (Å²) in [6, 6.07) is 16.9. The van der Waals surface area contributed by atoms with Gasteiger partial charge in [0.25, 0.3) is 5.95 Å². The average Bonchev–Trinajstić information content (AvgIpc) is 3.10. The molecule has 6 heteroatoms. The Morgan fingerprint density at radius 3 is 2.54 bits per heavy atom. The number of hydrogen-bond donors (Lipinski definition) is 0. The largest absolute Gasteiger partial charge is 0.269 e. The first-order valence-electron chi connectivity index (χ1n) is 7.95. The summed E-state index contributed by atoms with van der Waals surface area (Å²) in [6.45, 7) is 2.16. The number of aryl methyl sites for hydroxylation is 1. The lowest BCUT2D eigenvalue weighted by atomic mass is 9.95. The fourth-order valence-corrected chi connectivity index (χ4v) is 3.22. The number of aromatic nitrogens is 4. The van der Waals surface area contributed by atoms with Crippen LogP contribution >= 0.6 is 15.9 Å². The highest BCUT2D eigenvalue weighted by Gasteiger charge is 2.26. The van der Waals surface area contributed by atoms with E-state index in [0.717, 1.165) is 28.6 Å². The highest BCUT2D eigenvalue weighted by molar-refractivity contribution is 9.10. The minimum Gasteiger partial charge on any atom is -0.214 e. The third-order valence-corrected chi connectivity index (χ3v) is 4.87. The van der Waals surface area contributed by atoms with Crippen molar-refractivity contribution in [1.29, 1.82) is 0 Å². The lowest BCUT2D eigenvalue weighted by molar-refractivity contribution is 0.515. The Balaban J connectivity index is 1.74. The molecular formula is C18H16BrN5. The molecule has 2 heterocycles. The molecule has 1 aliphatic rings. The van der Waals surface area contributed by atoms with E-state index in [1.54, 1.807) is 4.68 Å². The molecule has 0 N–H and O–H groups in total. The molecule has 0 amide bonds. The number of tetrazole rings is 1. The molecule has 0 radical (unpaired) electrons. The molecule has 1 aliphatic heterocycles. The molecule has 0 aliphatic carbocycles. The van der Waals surface area contributed by atoms with Crippen LogP contribution < -0.4 is 0 Å². The summed E-state index contributed by atoms with van der Waals surface area (Å²) in [5.41, 5.74) is 4.64. The molecule has 3 aromatic rings. The highest BCUT2D eigenvalue weighted by Crippen LogP contribution is 2.32. The van der Waals surface area contributed by atoms with E-state index in [1.807, 2.05) is 12.1 Å². The van der Waals surface area contributed by atoms with Gasteiger partial charge in [-0.05, 0) is 45.7 Å². The third-order valence-electron chi connectivity index (χ3n) is 4.34. The topological polar surface area (TPSA) is 56.0 Å². The van der Waals surface area contributed by atoms with Gasteiger partial charge in [-0.15, -0.1) is 0 Å². The Morgan fingerprint density at radius 2 is 1.83 bits per heavy atom. The summed E-state index contributed by atoms with van der Waals surface area (Å²) < 4.78 is 2.86. The van der Waals surface area contributed by atoms with Crippen molar-refractivity contribution < 1.29 is 0 Å². The fourth-order valence-electron chi connectivity index (χ4n) is 2.96. The number of halogens is 1. The van der Waals surface area contributed by atoms with Crippen LogP contribution in [0.15, 0.2) is 58.0 Å². The Hall–Kier alpha value is -2.34. The molecule has 1 atom stereocenters. The van der Waals surface area contributed by atoms with E-state index in [4.69, 9.17) is 0 Å². The Kier molecular flexibility index (Phi) is 3.98. The van der Waals surface area contributed by atoms with Gasteiger partial charge in [-0.25, -0.2) is 9.67 Å². The van der Waals surface area contributed by atoms with Crippen LogP contribution in [-0.4, -0.2) is 25.9 Å². The summed E-state index contributed by atoms with van der Waals surface area (Å²) >= 11 is 3.48. The van der Waals surface area contributed by atoms with Crippen LogP contribution in [0.1, 0.15) is 36.1 Å². The number of rotatable bonds is 3. The molecule has 5 nitrogen and oxygen atoms in total. The van der Waals surface area contributed by atoms with Gasteiger partial charge in [0.05, 0.1) is 11.8 Å². The second-order valence-corrected chi connectivity index (χ2v) is 6.72. The van der Waals surface area contributed by atoms with Gasteiger partial charge in [-0.3, -0.25) is 0 Å². The van der Waals surface area contributed by atoms with E-state index in [9.17, 15) is 0 Å². The first kappa shape index (κ1) is 15.2. The predicted octanol–water partition coefficient (Wildman–Crippen LogP) is 4.11. The summed E-state index contributed by atoms with van der Waals surface area (Å²) in [7, 11) is 0. The van der Waals surface area contributed by atoms with Crippen LogP contribution in [0.2, 0.25) is 0 Å². The van der Waals surface area contributed by atoms with Crippen LogP contribution in [0.5, 0.6) is 0 Å². The number of nitrogens with zero attached hydrogens (tertiary/aromatic N) is 5. The number of fused-ring (bicyclic) bond motifs is 1. The summed E-state index contributed by atoms with van der Waals surface area (Å²) in [6.07, 6.45) is 1.80. The van der Waals surface area contributed by atoms with E-state index in [1.165, 1.54) is 11.1 Å². The molecule has 0 bridgehead atoms. The van der Waals surface area contributed by atoms with Crippen LogP contribution in [0.4, 0.5) is 5.95 Å². The van der Waals surface area contributed by atoms with Crippen molar-refractivity contribution in [3.8, 4) is 0 Å². The third kappa shape index (κ3) is 2.78. The minimum atomic E-state index is 0.0569. The minimum absolute atomic E-state index is 0.0569. The molecule has 120 valence electrons. The van der Waals surface area contributed by atoms with Gasteiger partial charge < -0.3 is 0 Å². The second kappa shape index (κ2) is 6.28. The monoisotopic (exact) mass is 381 g/mol. The first-order chi connectivity index (χ1) is 11.7. The predicted molar refractivity (Wildman–Crippen MR) is 96.7 cm³/mol. The fraction of sp³-hybridized carbons (Fsp3) is 0.222. The zero-order valence-electron chi connectivity index (χ0n) is 13.2. The van der Waals surface area contributed by atoms with E-state index in [2.05, 4.69) is 79.8 Å². The van der Waals surface area contributed by atoms with E-state index in [0.29, 0.717) is 5.95 Å². The van der Waals surface area contributed by atoms with Gasteiger partial charge in [0.1, 0.15) is 0 Å². The molecule has 1 unspecified atom stereocenters. The molecule has 1 aromatic heterocycles. The van der Waals surface area contributed by atoms with Crippen molar-refractivity contribution in [3.63, 3.8) is 0 Å². The molecule has 0 spiro atoms. The van der Waals surface area contributed by atoms with Crippen molar-refractivity contribution in [3.05, 3.63) is 69.7 Å². The van der Waals surface area contributed by atoms with Gasteiger partial charge in [-0.1, -0.05) is 64.4 Å². The van der Waals surface area contributed by atoms with E-state index in [-0.39, 0.29) is 6.04 Å². The van der Waals surface area contributed by atoms with Crippen molar-refractivity contribution >= 4 is 27.6 Å². The van der Waals surface area contributed by atoms with Gasteiger partial charge in [0, 0.05) is 10.9 Å². The van der Waals surface area contributed by atoms with Crippen LogP contribution in [-0.2, 0) is 6.42 Å². The SMILES string of the molecule is CCc1ccc(C2=Nc3nnnn3C(c3ccc(Br)cc3)C2)cc1. The zero-order chi connectivity index (χ0) is 16.5. The lowest BCUT2D eigenvalue weighted by Gasteiger charge is -2.23. The summed E-state index contributed by atoms with van der Waals surface area (Å²) in [4.78, 5) is 4.66. The quantitative estimate of drug-likeness (QED) is 0.685. The highest BCUT2D eigenvalue weighted by atomic mass is 79.9. The maximum absolute atomic E-state index is 4.66. The molecule has 0 fully saturated rings. The Morgan fingerprint density at radius 1 is 1.08 bits per heavy atom. The Labute approximate surface area is 148 Å². The van der Waals surface area contributed by atoms with Gasteiger partial charge >= 0.3 is 0 Å². The second-order valence-electron chi connectivity index (χ2n) is 5.80. The van der Waals surface area contributed by atoms with Crippen LogP contribution in [0.3, 0.4) is 0 Å².